The Kier molecular flexibility index (Phi) is 9.60. The molecule has 88 valence electrons. The first-order valence-electron chi connectivity index (χ1n) is 6.37. The van der Waals surface area contributed by atoms with Crippen molar-refractivity contribution >= 4 is 0 Å². The molecule has 1 N–H and O–H groups in total. The van der Waals surface area contributed by atoms with Gasteiger partial charge in [-0.25, -0.2) is 0 Å². The van der Waals surface area contributed by atoms with Gasteiger partial charge in [-0.05, 0) is 44.7 Å². The average Bonchev–Trinajstić information content (AvgIpc) is 2.90. The molecule has 1 heteroatoms. The Bertz CT molecular complexity index is 174. The van der Waals surface area contributed by atoms with E-state index in [4.69, 9.17) is 0 Å². The first-order chi connectivity index (χ1) is 7.38. The van der Waals surface area contributed by atoms with Crippen LogP contribution in [0.15, 0.2) is 24.3 Å². The molecule has 0 bridgehead atoms. The predicted octanol–water partition coefficient (Wildman–Crippen LogP) is 3.78. The maximum Gasteiger partial charge on any atom is -0.00172 e. The van der Waals surface area contributed by atoms with Crippen LogP contribution in [0.1, 0.15) is 40.5 Å². The first kappa shape index (κ1) is 14.4. The third-order valence-electron chi connectivity index (χ3n) is 2.56. The molecule has 2 atom stereocenters. The molecule has 0 radical (unpaired) electrons. The number of fused-ring (bicyclic) bond motifs is 1. The third kappa shape index (κ3) is 7.38. The van der Waals surface area contributed by atoms with E-state index in [0.717, 1.165) is 18.3 Å². The first-order valence-corrected chi connectivity index (χ1v) is 6.37. The van der Waals surface area contributed by atoms with Gasteiger partial charge in [0.2, 0.25) is 0 Å². The van der Waals surface area contributed by atoms with Gasteiger partial charge in [0.25, 0.3) is 0 Å². The van der Waals surface area contributed by atoms with Crippen molar-refractivity contribution in [1.82, 2.24) is 5.32 Å². The summed E-state index contributed by atoms with van der Waals surface area (Å²) >= 11 is 0. The van der Waals surface area contributed by atoms with E-state index in [1.807, 2.05) is 32.9 Å². The molecule has 1 heterocycles. The van der Waals surface area contributed by atoms with Crippen molar-refractivity contribution in [3.8, 4) is 0 Å². The van der Waals surface area contributed by atoms with E-state index in [1.54, 1.807) is 0 Å². The van der Waals surface area contributed by atoms with Crippen LogP contribution < -0.4 is 5.32 Å². The molecule has 0 amide bonds. The van der Waals surface area contributed by atoms with Crippen LogP contribution in [0, 0.1) is 11.8 Å². The van der Waals surface area contributed by atoms with Gasteiger partial charge in [-0.3, -0.25) is 0 Å². The number of hydrogen-bond acceptors (Lipinski definition) is 1. The van der Waals surface area contributed by atoms with E-state index in [9.17, 15) is 0 Å². The lowest BCUT2D eigenvalue weighted by Gasteiger charge is -1.87. The van der Waals surface area contributed by atoms with Gasteiger partial charge in [0.05, 0.1) is 0 Å². The fourth-order valence-electron chi connectivity index (χ4n) is 1.59. The lowest BCUT2D eigenvalue weighted by atomic mass is 10.4. The molecule has 1 nitrogen and oxygen atoms in total. The zero-order valence-corrected chi connectivity index (χ0v) is 10.8. The fourth-order valence-corrected chi connectivity index (χ4v) is 1.59. The Balaban J connectivity index is 0.000000225. The quantitative estimate of drug-likeness (QED) is 0.682. The smallest absolute Gasteiger partial charge is 0.00172 e. The molecule has 0 aromatic heterocycles. The predicted molar refractivity (Wildman–Crippen MR) is 70.1 cm³/mol. The minimum atomic E-state index is 1.10. The Morgan fingerprint density at radius 1 is 1.13 bits per heavy atom. The van der Waals surface area contributed by atoms with Gasteiger partial charge in [-0.2, -0.15) is 0 Å². The topological polar surface area (TPSA) is 12.0 Å². The lowest BCUT2D eigenvalue weighted by molar-refractivity contribution is 0.732. The van der Waals surface area contributed by atoms with E-state index in [1.165, 1.54) is 19.5 Å². The van der Waals surface area contributed by atoms with Gasteiger partial charge in [-0.15, -0.1) is 0 Å². The van der Waals surface area contributed by atoms with E-state index in [-0.39, 0.29) is 0 Å². The molecule has 15 heavy (non-hydrogen) atoms. The Hall–Kier alpha value is -0.560. The Morgan fingerprint density at radius 3 is 2.00 bits per heavy atom. The fraction of sp³-hybridized carbons (Fsp3) is 0.714. The maximum absolute atomic E-state index is 3.32. The van der Waals surface area contributed by atoms with Gasteiger partial charge >= 0.3 is 0 Å². The normalized spacial score (nSPS) is 26.7. The molecule has 1 aliphatic carbocycles. The largest absolute Gasteiger partial charge is 0.316 e. The zero-order chi connectivity index (χ0) is 11.5. The van der Waals surface area contributed by atoms with Gasteiger partial charge < -0.3 is 5.32 Å². The summed E-state index contributed by atoms with van der Waals surface area (Å²) in [6, 6.07) is 0. The summed E-state index contributed by atoms with van der Waals surface area (Å²) in [6.07, 6.45) is 10.9. The summed E-state index contributed by atoms with van der Waals surface area (Å²) in [4.78, 5) is 0. The summed E-state index contributed by atoms with van der Waals surface area (Å²) < 4.78 is 0. The second-order valence-electron chi connectivity index (χ2n) is 3.78. The maximum atomic E-state index is 3.32. The van der Waals surface area contributed by atoms with Crippen molar-refractivity contribution < 1.29 is 0 Å². The molecule has 0 aromatic carbocycles. The second-order valence-corrected chi connectivity index (χ2v) is 3.78. The minimum Gasteiger partial charge on any atom is -0.316 e. The van der Waals surface area contributed by atoms with E-state index in [2.05, 4.69) is 24.4 Å². The summed E-state index contributed by atoms with van der Waals surface area (Å²) in [5, 5.41) is 3.32. The van der Waals surface area contributed by atoms with Crippen LogP contribution in [-0.4, -0.2) is 13.1 Å². The van der Waals surface area contributed by atoms with Gasteiger partial charge in [0, 0.05) is 0 Å². The number of hydrogen-bond donors (Lipinski definition) is 1. The van der Waals surface area contributed by atoms with Crippen LogP contribution in [-0.2, 0) is 0 Å². The highest BCUT2D eigenvalue weighted by molar-refractivity contribution is 5.00. The highest BCUT2D eigenvalue weighted by atomic mass is 14.9. The van der Waals surface area contributed by atoms with Crippen LogP contribution >= 0.6 is 0 Å². The molecular formula is C14H27N. The highest BCUT2D eigenvalue weighted by Gasteiger charge is 2.40. The summed E-state index contributed by atoms with van der Waals surface area (Å²) in [7, 11) is 0. The minimum absolute atomic E-state index is 1.10. The number of rotatable bonds is 2. The van der Waals surface area contributed by atoms with Gasteiger partial charge in [0.1, 0.15) is 0 Å². The van der Waals surface area contributed by atoms with E-state index < -0.39 is 0 Å². The lowest BCUT2D eigenvalue weighted by Crippen LogP contribution is -2.10. The summed E-state index contributed by atoms with van der Waals surface area (Å²) in [6.45, 7) is 10.8. The molecule has 2 fully saturated rings. The summed E-state index contributed by atoms with van der Waals surface area (Å²) in [5.41, 5.74) is 0. The molecule has 2 aliphatic rings. The Morgan fingerprint density at radius 2 is 1.73 bits per heavy atom. The van der Waals surface area contributed by atoms with Crippen LogP contribution in [0.2, 0.25) is 0 Å². The number of piperidine rings is 1. The van der Waals surface area contributed by atoms with E-state index >= 15 is 0 Å². The second kappa shape index (κ2) is 9.97. The van der Waals surface area contributed by atoms with Gasteiger partial charge in [-0.1, -0.05) is 45.1 Å². The third-order valence-corrected chi connectivity index (χ3v) is 2.56. The van der Waals surface area contributed by atoms with Crippen LogP contribution in [0.3, 0.4) is 0 Å². The molecule has 1 aliphatic heterocycles. The average molecular weight is 209 g/mol. The molecular weight excluding hydrogens is 182 g/mol. The van der Waals surface area contributed by atoms with Crippen molar-refractivity contribution in [2.45, 2.75) is 40.5 Å². The molecule has 2 rings (SSSR count). The number of allylic oxidation sites excluding steroid dienone is 4. The molecule has 1 saturated carbocycles. The summed E-state index contributed by atoms with van der Waals surface area (Å²) in [5.74, 6) is 2.20. The van der Waals surface area contributed by atoms with Crippen molar-refractivity contribution in [3.05, 3.63) is 24.3 Å². The van der Waals surface area contributed by atoms with Crippen molar-refractivity contribution in [3.63, 3.8) is 0 Å². The van der Waals surface area contributed by atoms with Crippen LogP contribution in [0.25, 0.3) is 0 Å². The van der Waals surface area contributed by atoms with E-state index in [0.29, 0.717) is 0 Å². The molecule has 0 spiro atoms. The highest BCUT2D eigenvalue weighted by Crippen LogP contribution is 2.40. The van der Waals surface area contributed by atoms with Crippen molar-refractivity contribution in [1.29, 1.82) is 0 Å². The van der Waals surface area contributed by atoms with Crippen molar-refractivity contribution in [2.24, 2.45) is 11.8 Å². The zero-order valence-electron chi connectivity index (χ0n) is 10.8. The van der Waals surface area contributed by atoms with Crippen molar-refractivity contribution in [2.75, 3.05) is 13.1 Å². The Labute approximate surface area is 95.7 Å². The number of nitrogens with one attached hydrogen (secondary N) is 1. The van der Waals surface area contributed by atoms with Crippen LogP contribution in [0.5, 0.6) is 0 Å². The van der Waals surface area contributed by atoms with Crippen LogP contribution in [0.4, 0.5) is 0 Å². The standard InChI is InChI=1S/C7H12.C5H9N.C2H6/c1-3-5-7-6-4-2;1-4-2-6-3-5(1)4;1-2/h3,5-7H,4H2,1-2H3;4-6H,1-3H2;1-2H3/b5-3-,7-6-;;. The monoisotopic (exact) mass is 209 g/mol. The molecule has 0 aromatic rings. The molecule has 1 saturated heterocycles. The van der Waals surface area contributed by atoms with Gasteiger partial charge in [0.15, 0.2) is 0 Å². The molecule has 2 unspecified atom stereocenters. The SMILES string of the molecule is C/C=C\C=C/CC.C1NCC2CC12.CC.